The summed E-state index contributed by atoms with van der Waals surface area (Å²) in [6.45, 7) is 3.63. The van der Waals surface area contributed by atoms with Crippen molar-refractivity contribution >= 4 is 0 Å². The summed E-state index contributed by atoms with van der Waals surface area (Å²) < 4.78 is 5.33. The molecule has 0 bridgehead atoms. The molecule has 3 heteroatoms. The number of ether oxygens (including phenoxy) is 1. The van der Waals surface area contributed by atoms with Gasteiger partial charge in [0.25, 0.3) is 0 Å². The molecule has 1 atom stereocenters. The molecule has 0 spiro atoms. The zero-order valence-corrected chi connectivity index (χ0v) is 7.38. The lowest BCUT2D eigenvalue weighted by Gasteiger charge is -2.21. The SMILES string of the molecule is N#CCCNCC1CCCOC1. The van der Waals surface area contributed by atoms with Crippen LogP contribution in [0.2, 0.25) is 0 Å². The highest BCUT2D eigenvalue weighted by molar-refractivity contribution is 4.72. The molecule has 0 aromatic carbocycles. The van der Waals surface area contributed by atoms with Gasteiger partial charge in [0, 0.05) is 26.1 Å². The molecule has 1 saturated heterocycles. The average molecular weight is 168 g/mol. The standard InChI is InChI=1S/C9H16N2O/c10-4-2-5-11-7-9-3-1-6-12-8-9/h9,11H,1-3,5-8H2. The summed E-state index contributed by atoms with van der Waals surface area (Å²) >= 11 is 0. The molecule has 1 N–H and O–H groups in total. The Hall–Kier alpha value is -0.590. The first-order valence-corrected chi connectivity index (χ1v) is 4.59. The summed E-state index contributed by atoms with van der Waals surface area (Å²) in [5.74, 6) is 0.664. The Balaban J connectivity index is 1.95. The molecule has 0 saturated carbocycles. The van der Waals surface area contributed by atoms with Crippen molar-refractivity contribution in [2.75, 3.05) is 26.3 Å². The van der Waals surface area contributed by atoms with Crippen LogP contribution in [0.3, 0.4) is 0 Å². The summed E-state index contributed by atoms with van der Waals surface area (Å²) in [7, 11) is 0. The fourth-order valence-electron chi connectivity index (χ4n) is 1.42. The first kappa shape index (κ1) is 9.50. The first-order valence-electron chi connectivity index (χ1n) is 4.59. The van der Waals surface area contributed by atoms with Gasteiger partial charge < -0.3 is 10.1 Å². The van der Waals surface area contributed by atoms with E-state index in [1.165, 1.54) is 12.8 Å². The summed E-state index contributed by atoms with van der Waals surface area (Å²) in [6, 6.07) is 2.11. The van der Waals surface area contributed by atoms with Gasteiger partial charge in [0.15, 0.2) is 0 Å². The molecule has 1 fully saturated rings. The van der Waals surface area contributed by atoms with Crippen LogP contribution in [-0.2, 0) is 4.74 Å². The molecule has 0 aliphatic carbocycles. The van der Waals surface area contributed by atoms with Crippen molar-refractivity contribution in [1.29, 1.82) is 5.26 Å². The van der Waals surface area contributed by atoms with Crippen LogP contribution in [-0.4, -0.2) is 26.3 Å². The van der Waals surface area contributed by atoms with Crippen molar-refractivity contribution in [2.24, 2.45) is 5.92 Å². The Morgan fingerprint density at radius 1 is 1.58 bits per heavy atom. The van der Waals surface area contributed by atoms with E-state index in [9.17, 15) is 0 Å². The minimum atomic E-state index is 0.605. The Kier molecular flexibility index (Phi) is 4.74. The van der Waals surface area contributed by atoms with Crippen molar-refractivity contribution in [1.82, 2.24) is 5.32 Å². The van der Waals surface area contributed by atoms with Crippen LogP contribution in [0.25, 0.3) is 0 Å². The van der Waals surface area contributed by atoms with Crippen molar-refractivity contribution < 1.29 is 4.74 Å². The van der Waals surface area contributed by atoms with E-state index in [2.05, 4.69) is 11.4 Å². The van der Waals surface area contributed by atoms with Crippen molar-refractivity contribution in [3.8, 4) is 6.07 Å². The van der Waals surface area contributed by atoms with Gasteiger partial charge >= 0.3 is 0 Å². The summed E-state index contributed by atoms with van der Waals surface area (Å²) in [6.07, 6.45) is 3.05. The highest BCUT2D eigenvalue weighted by Crippen LogP contribution is 2.11. The van der Waals surface area contributed by atoms with E-state index in [0.717, 1.165) is 26.3 Å². The average Bonchev–Trinajstić information content (AvgIpc) is 2.14. The van der Waals surface area contributed by atoms with E-state index in [1.807, 2.05) is 0 Å². The van der Waals surface area contributed by atoms with Gasteiger partial charge in [-0.15, -0.1) is 0 Å². The quantitative estimate of drug-likeness (QED) is 0.635. The normalized spacial score (nSPS) is 23.4. The molecule has 0 amide bonds. The molecule has 0 aromatic rings. The second kappa shape index (κ2) is 5.99. The van der Waals surface area contributed by atoms with Gasteiger partial charge in [-0.1, -0.05) is 0 Å². The van der Waals surface area contributed by atoms with Gasteiger partial charge in [-0.05, 0) is 18.8 Å². The predicted octanol–water partition coefficient (Wildman–Crippen LogP) is 0.916. The zero-order chi connectivity index (χ0) is 8.65. The van der Waals surface area contributed by atoms with Crippen LogP contribution in [0.5, 0.6) is 0 Å². The fraction of sp³-hybridized carbons (Fsp3) is 0.889. The van der Waals surface area contributed by atoms with Gasteiger partial charge in [-0.2, -0.15) is 5.26 Å². The Labute approximate surface area is 73.7 Å². The lowest BCUT2D eigenvalue weighted by Crippen LogP contribution is -2.29. The molecule has 1 unspecified atom stereocenters. The zero-order valence-electron chi connectivity index (χ0n) is 7.38. The Morgan fingerprint density at radius 2 is 2.50 bits per heavy atom. The highest BCUT2D eigenvalue weighted by atomic mass is 16.5. The van der Waals surface area contributed by atoms with Gasteiger partial charge in [0.05, 0.1) is 12.7 Å². The largest absolute Gasteiger partial charge is 0.381 e. The second-order valence-electron chi connectivity index (χ2n) is 3.20. The third kappa shape index (κ3) is 3.70. The molecule has 12 heavy (non-hydrogen) atoms. The molecule has 3 nitrogen and oxygen atoms in total. The number of hydrogen-bond donors (Lipinski definition) is 1. The number of rotatable bonds is 4. The van der Waals surface area contributed by atoms with Crippen LogP contribution in [0.1, 0.15) is 19.3 Å². The fourth-order valence-corrected chi connectivity index (χ4v) is 1.42. The van der Waals surface area contributed by atoms with Crippen molar-refractivity contribution in [3.05, 3.63) is 0 Å². The number of nitrogens with zero attached hydrogens (tertiary/aromatic N) is 1. The molecule has 68 valence electrons. The molecular formula is C9H16N2O. The molecule has 1 aliphatic heterocycles. The van der Waals surface area contributed by atoms with Gasteiger partial charge in [-0.25, -0.2) is 0 Å². The smallest absolute Gasteiger partial charge is 0.0635 e. The maximum Gasteiger partial charge on any atom is 0.0635 e. The van der Waals surface area contributed by atoms with Crippen LogP contribution < -0.4 is 5.32 Å². The summed E-state index contributed by atoms with van der Waals surface area (Å²) in [4.78, 5) is 0. The summed E-state index contributed by atoms with van der Waals surface area (Å²) in [5.41, 5.74) is 0. The van der Waals surface area contributed by atoms with E-state index >= 15 is 0 Å². The van der Waals surface area contributed by atoms with E-state index in [1.54, 1.807) is 0 Å². The molecule has 1 heterocycles. The van der Waals surface area contributed by atoms with Crippen molar-refractivity contribution in [3.63, 3.8) is 0 Å². The first-order chi connectivity index (χ1) is 5.93. The van der Waals surface area contributed by atoms with E-state index in [0.29, 0.717) is 12.3 Å². The number of hydrogen-bond acceptors (Lipinski definition) is 3. The van der Waals surface area contributed by atoms with E-state index in [-0.39, 0.29) is 0 Å². The lowest BCUT2D eigenvalue weighted by atomic mass is 10.0. The van der Waals surface area contributed by atoms with Crippen LogP contribution in [0.15, 0.2) is 0 Å². The maximum absolute atomic E-state index is 8.29. The highest BCUT2D eigenvalue weighted by Gasteiger charge is 2.12. The second-order valence-corrected chi connectivity index (χ2v) is 3.20. The monoisotopic (exact) mass is 168 g/mol. The van der Waals surface area contributed by atoms with Crippen LogP contribution in [0.4, 0.5) is 0 Å². The Morgan fingerprint density at radius 3 is 3.17 bits per heavy atom. The number of nitriles is 1. The van der Waals surface area contributed by atoms with Gasteiger partial charge in [0.2, 0.25) is 0 Å². The van der Waals surface area contributed by atoms with Crippen LogP contribution in [0, 0.1) is 17.2 Å². The Bertz CT molecular complexity index is 147. The molecule has 1 aliphatic rings. The van der Waals surface area contributed by atoms with Crippen LogP contribution >= 0.6 is 0 Å². The third-order valence-corrected chi connectivity index (χ3v) is 2.10. The van der Waals surface area contributed by atoms with Gasteiger partial charge in [0.1, 0.15) is 0 Å². The molecule has 0 aromatic heterocycles. The third-order valence-electron chi connectivity index (χ3n) is 2.10. The minimum Gasteiger partial charge on any atom is -0.381 e. The number of nitrogens with one attached hydrogen (secondary N) is 1. The molecule has 1 rings (SSSR count). The minimum absolute atomic E-state index is 0.605. The lowest BCUT2D eigenvalue weighted by molar-refractivity contribution is 0.0550. The molecular weight excluding hydrogens is 152 g/mol. The molecule has 0 radical (unpaired) electrons. The van der Waals surface area contributed by atoms with Crippen molar-refractivity contribution in [2.45, 2.75) is 19.3 Å². The topological polar surface area (TPSA) is 45.0 Å². The van der Waals surface area contributed by atoms with E-state index in [4.69, 9.17) is 10.00 Å². The van der Waals surface area contributed by atoms with Gasteiger partial charge in [-0.3, -0.25) is 0 Å². The predicted molar refractivity (Wildman–Crippen MR) is 46.6 cm³/mol. The van der Waals surface area contributed by atoms with E-state index < -0.39 is 0 Å². The summed E-state index contributed by atoms with van der Waals surface area (Å²) in [5, 5.41) is 11.5. The maximum atomic E-state index is 8.29.